The van der Waals surface area contributed by atoms with Gasteiger partial charge in [-0.25, -0.2) is 4.39 Å². The Morgan fingerprint density at radius 2 is 1.76 bits per heavy atom. The minimum atomic E-state index is -0.324. The summed E-state index contributed by atoms with van der Waals surface area (Å²) < 4.78 is 15.3. The molecule has 0 saturated heterocycles. The summed E-state index contributed by atoms with van der Waals surface area (Å²) in [6.45, 7) is 2.01. The van der Waals surface area contributed by atoms with Crippen molar-refractivity contribution in [2.45, 2.75) is 31.0 Å². The second-order valence-electron chi connectivity index (χ2n) is 7.64. The molecule has 33 heavy (non-hydrogen) atoms. The standard InChI is InChI=1S/C25H24FN5OS/c1-18(7-8-19-5-3-2-4-6-19)28-23(32)17-33-25-30-29-24(20-13-15-27-16-14-20)31(25)22-11-9-21(26)10-12-22/h2-6,9-16,18H,7-8,17H2,1H3,(H,28,32). The molecular weight excluding hydrogens is 437 g/mol. The maximum Gasteiger partial charge on any atom is 0.230 e. The van der Waals surface area contributed by atoms with Gasteiger partial charge in [0.1, 0.15) is 5.82 Å². The predicted molar refractivity (Wildman–Crippen MR) is 128 cm³/mol. The molecular formula is C25H24FN5OS. The van der Waals surface area contributed by atoms with Gasteiger partial charge in [-0.1, -0.05) is 42.1 Å². The Balaban J connectivity index is 1.43. The van der Waals surface area contributed by atoms with Crippen LogP contribution in [0.5, 0.6) is 0 Å². The summed E-state index contributed by atoms with van der Waals surface area (Å²) >= 11 is 1.29. The van der Waals surface area contributed by atoms with E-state index in [0.717, 1.165) is 18.4 Å². The van der Waals surface area contributed by atoms with Crippen LogP contribution in [0.2, 0.25) is 0 Å². The molecule has 0 bridgehead atoms. The van der Waals surface area contributed by atoms with Crippen LogP contribution in [0.4, 0.5) is 4.39 Å². The number of nitrogens with zero attached hydrogens (tertiary/aromatic N) is 4. The van der Waals surface area contributed by atoms with E-state index >= 15 is 0 Å². The molecule has 1 amide bonds. The van der Waals surface area contributed by atoms with Crippen LogP contribution in [0.1, 0.15) is 18.9 Å². The highest BCUT2D eigenvalue weighted by Gasteiger charge is 2.18. The highest BCUT2D eigenvalue weighted by atomic mass is 32.2. The van der Waals surface area contributed by atoms with E-state index in [-0.39, 0.29) is 23.5 Å². The number of hydrogen-bond donors (Lipinski definition) is 1. The van der Waals surface area contributed by atoms with Crippen LogP contribution in [0, 0.1) is 5.82 Å². The topological polar surface area (TPSA) is 72.7 Å². The summed E-state index contributed by atoms with van der Waals surface area (Å²) in [4.78, 5) is 16.6. The number of carbonyl (C=O) groups is 1. The molecule has 0 radical (unpaired) electrons. The van der Waals surface area contributed by atoms with E-state index < -0.39 is 0 Å². The summed E-state index contributed by atoms with van der Waals surface area (Å²) in [5.41, 5.74) is 2.80. The van der Waals surface area contributed by atoms with E-state index in [1.165, 1.54) is 29.5 Å². The van der Waals surface area contributed by atoms with E-state index in [1.807, 2.05) is 41.8 Å². The molecule has 1 atom stereocenters. The summed E-state index contributed by atoms with van der Waals surface area (Å²) in [6, 6.07) is 20.1. The molecule has 0 aliphatic heterocycles. The van der Waals surface area contributed by atoms with Crippen LogP contribution in [0.15, 0.2) is 84.3 Å². The molecule has 2 aromatic heterocycles. The van der Waals surface area contributed by atoms with Crippen molar-refractivity contribution in [3.8, 4) is 17.1 Å². The van der Waals surface area contributed by atoms with Crippen LogP contribution in [-0.2, 0) is 11.2 Å². The zero-order valence-electron chi connectivity index (χ0n) is 18.2. The Kier molecular flexibility index (Phi) is 7.47. The largest absolute Gasteiger partial charge is 0.353 e. The van der Waals surface area contributed by atoms with Gasteiger partial charge in [-0.15, -0.1) is 10.2 Å². The highest BCUT2D eigenvalue weighted by Crippen LogP contribution is 2.27. The van der Waals surface area contributed by atoms with Crippen molar-refractivity contribution in [1.82, 2.24) is 25.1 Å². The quantitative estimate of drug-likeness (QED) is 0.366. The zero-order valence-corrected chi connectivity index (χ0v) is 19.0. The molecule has 4 rings (SSSR count). The first-order valence-corrected chi connectivity index (χ1v) is 11.7. The third kappa shape index (κ3) is 6.04. The number of carbonyl (C=O) groups excluding carboxylic acids is 1. The van der Waals surface area contributed by atoms with Crippen molar-refractivity contribution in [2.24, 2.45) is 0 Å². The van der Waals surface area contributed by atoms with Gasteiger partial charge in [0.15, 0.2) is 11.0 Å². The van der Waals surface area contributed by atoms with Crippen molar-refractivity contribution in [3.05, 3.63) is 90.5 Å². The minimum Gasteiger partial charge on any atom is -0.353 e. The lowest BCUT2D eigenvalue weighted by Gasteiger charge is -2.14. The van der Waals surface area contributed by atoms with Gasteiger partial charge in [0, 0.05) is 29.7 Å². The lowest BCUT2D eigenvalue weighted by Crippen LogP contribution is -2.34. The number of aryl methyl sites for hydroxylation is 1. The molecule has 8 heteroatoms. The number of thioether (sulfide) groups is 1. The van der Waals surface area contributed by atoms with Gasteiger partial charge in [-0.05, 0) is 61.7 Å². The Labute approximate surface area is 196 Å². The summed E-state index contributed by atoms with van der Waals surface area (Å²) in [7, 11) is 0. The fraction of sp³-hybridized carbons (Fsp3) is 0.200. The lowest BCUT2D eigenvalue weighted by molar-refractivity contribution is -0.119. The van der Waals surface area contributed by atoms with Gasteiger partial charge in [0.05, 0.1) is 5.75 Å². The molecule has 0 saturated carbocycles. The average Bonchev–Trinajstić information content (AvgIpc) is 3.27. The second kappa shape index (κ2) is 10.9. The number of amides is 1. The van der Waals surface area contributed by atoms with E-state index in [0.29, 0.717) is 16.7 Å². The Bertz CT molecular complexity index is 1180. The molecule has 6 nitrogen and oxygen atoms in total. The van der Waals surface area contributed by atoms with Gasteiger partial charge in [0.2, 0.25) is 5.91 Å². The van der Waals surface area contributed by atoms with E-state index in [4.69, 9.17) is 0 Å². The number of rotatable bonds is 9. The van der Waals surface area contributed by atoms with Crippen LogP contribution in [0.3, 0.4) is 0 Å². The molecule has 2 aromatic carbocycles. The molecule has 0 spiro atoms. The molecule has 0 aliphatic rings. The van der Waals surface area contributed by atoms with Crippen LogP contribution < -0.4 is 5.32 Å². The Hall–Kier alpha value is -3.52. The molecule has 168 valence electrons. The first-order valence-electron chi connectivity index (χ1n) is 10.7. The van der Waals surface area contributed by atoms with Crippen LogP contribution in [-0.4, -0.2) is 37.5 Å². The molecule has 1 unspecified atom stereocenters. The van der Waals surface area contributed by atoms with Crippen molar-refractivity contribution >= 4 is 17.7 Å². The normalized spacial score (nSPS) is 11.8. The number of aromatic nitrogens is 4. The number of benzene rings is 2. The number of hydrogen-bond acceptors (Lipinski definition) is 5. The molecule has 2 heterocycles. The second-order valence-corrected chi connectivity index (χ2v) is 8.58. The number of pyridine rings is 1. The van der Waals surface area contributed by atoms with Crippen molar-refractivity contribution in [2.75, 3.05) is 5.75 Å². The van der Waals surface area contributed by atoms with Gasteiger partial charge >= 0.3 is 0 Å². The smallest absolute Gasteiger partial charge is 0.230 e. The first kappa shape index (κ1) is 22.7. The van der Waals surface area contributed by atoms with Gasteiger partial charge in [-0.2, -0.15) is 0 Å². The molecule has 0 aliphatic carbocycles. The number of nitrogens with one attached hydrogen (secondary N) is 1. The third-order valence-electron chi connectivity index (χ3n) is 5.11. The zero-order chi connectivity index (χ0) is 23.0. The van der Waals surface area contributed by atoms with Crippen molar-refractivity contribution < 1.29 is 9.18 Å². The number of halogens is 1. The lowest BCUT2D eigenvalue weighted by atomic mass is 10.1. The SMILES string of the molecule is CC(CCc1ccccc1)NC(=O)CSc1nnc(-c2ccncc2)n1-c1ccc(F)cc1. The van der Waals surface area contributed by atoms with Crippen LogP contribution >= 0.6 is 11.8 Å². The summed E-state index contributed by atoms with van der Waals surface area (Å²) in [5, 5.41) is 12.2. The van der Waals surface area contributed by atoms with Crippen molar-refractivity contribution in [3.63, 3.8) is 0 Å². The van der Waals surface area contributed by atoms with E-state index in [2.05, 4.69) is 32.6 Å². The molecule has 1 N–H and O–H groups in total. The van der Waals surface area contributed by atoms with Crippen LogP contribution in [0.25, 0.3) is 17.1 Å². The van der Waals surface area contributed by atoms with Crippen molar-refractivity contribution in [1.29, 1.82) is 0 Å². The fourth-order valence-corrected chi connectivity index (χ4v) is 4.18. The Morgan fingerprint density at radius 3 is 2.48 bits per heavy atom. The first-order chi connectivity index (χ1) is 16.1. The minimum absolute atomic E-state index is 0.0562. The predicted octanol–water partition coefficient (Wildman–Crippen LogP) is 4.70. The molecule has 0 fully saturated rings. The monoisotopic (exact) mass is 461 g/mol. The Morgan fingerprint density at radius 1 is 1.03 bits per heavy atom. The van der Waals surface area contributed by atoms with E-state index in [1.54, 1.807) is 24.5 Å². The highest BCUT2D eigenvalue weighted by molar-refractivity contribution is 7.99. The summed E-state index contributed by atoms with van der Waals surface area (Å²) in [5.74, 6) is 0.406. The van der Waals surface area contributed by atoms with E-state index in [9.17, 15) is 9.18 Å². The van der Waals surface area contributed by atoms with Gasteiger partial charge in [-0.3, -0.25) is 14.3 Å². The third-order valence-corrected chi connectivity index (χ3v) is 6.03. The maximum absolute atomic E-state index is 13.5. The maximum atomic E-state index is 13.5. The average molecular weight is 462 g/mol. The van der Waals surface area contributed by atoms with Gasteiger partial charge in [0.25, 0.3) is 0 Å². The molecule has 4 aromatic rings. The summed E-state index contributed by atoms with van der Waals surface area (Å²) in [6.07, 6.45) is 5.12. The fourth-order valence-electron chi connectivity index (χ4n) is 3.42. The van der Waals surface area contributed by atoms with Gasteiger partial charge < -0.3 is 5.32 Å².